The van der Waals surface area contributed by atoms with Gasteiger partial charge in [0, 0.05) is 17.8 Å². The third kappa shape index (κ3) is 1.31. The maximum Gasteiger partial charge on any atom is 0.182 e. The van der Waals surface area contributed by atoms with Crippen LogP contribution in [0, 0.1) is 79.8 Å². The molecule has 0 saturated heterocycles. The van der Waals surface area contributed by atoms with Crippen LogP contribution in [0.15, 0.2) is 48.6 Å². The summed E-state index contributed by atoms with van der Waals surface area (Å²) in [5.41, 5.74) is -1.10. The largest absolute Gasteiger partial charge is 0.196 e. The Balaban J connectivity index is 1.96. The molecule has 112 valence electrons. The van der Waals surface area contributed by atoms with Crippen molar-refractivity contribution in [1.82, 2.24) is 0 Å². The quantitative estimate of drug-likeness (QED) is 0.744. The summed E-state index contributed by atoms with van der Waals surface area (Å²) in [5, 5.41) is 39.1. The molecule has 1 saturated carbocycles. The van der Waals surface area contributed by atoms with Gasteiger partial charge >= 0.3 is 0 Å². The molecule has 0 aliphatic heterocycles. The van der Waals surface area contributed by atoms with Crippen LogP contribution in [-0.4, -0.2) is 0 Å². The molecular formula is C20H12N4. The van der Waals surface area contributed by atoms with Crippen molar-refractivity contribution in [2.24, 2.45) is 34.5 Å². The monoisotopic (exact) mass is 308 g/mol. The van der Waals surface area contributed by atoms with Gasteiger partial charge in [-0.15, -0.1) is 0 Å². The first-order chi connectivity index (χ1) is 11.7. The van der Waals surface area contributed by atoms with Crippen molar-refractivity contribution in [2.75, 3.05) is 0 Å². The van der Waals surface area contributed by atoms with Crippen LogP contribution in [0.25, 0.3) is 5.57 Å². The van der Waals surface area contributed by atoms with Crippen LogP contribution in [-0.2, 0) is 0 Å². The fourth-order valence-electron chi connectivity index (χ4n) is 4.89. The van der Waals surface area contributed by atoms with Gasteiger partial charge in [0.2, 0.25) is 0 Å². The number of rotatable bonds is 1. The summed E-state index contributed by atoms with van der Waals surface area (Å²) in [6.45, 7) is 0. The number of nitrogens with zero attached hydrogens (tertiary/aromatic N) is 4. The Bertz CT molecular complexity index is 915. The highest BCUT2D eigenvalue weighted by Gasteiger charge is 2.74. The molecule has 4 rings (SSSR count). The Morgan fingerprint density at radius 2 is 1.33 bits per heavy atom. The third-order valence-corrected chi connectivity index (χ3v) is 5.92. The standard InChI is InChI=1S/C20H12N4/c21-9-19(10-22)16-7-6-14-15(13-4-2-1-3-5-13)8-17(18(14)16)20(19,11-23)12-24/h1-8,14,16-18H/t14-,16-,17-,18-/m1/s1. The Morgan fingerprint density at radius 3 is 1.92 bits per heavy atom. The average Bonchev–Trinajstić information content (AvgIpc) is 3.28. The first kappa shape index (κ1) is 14.3. The van der Waals surface area contributed by atoms with Gasteiger partial charge in [0.25, 0.3) is 0 Å². The zero-order valence-corrected chi connectivity index (χ0v) is 12.7. The maximum absolute atomic E-state index is 9.82. The number of hydrogen-bond donors (Lipinski definition) is 0. The lowest BCUT2D eigenvalue weighted by molar-refractivity contribution is 0.291. The maximum atomic E-state index is 9.82. The summed E-state index contributed by atoms with van der Waals surface area (Å²) in [6.07, 6.45) is 5.88. The van der Waals surface area contributed by atoms with Crippen LogP contribution >= 0.6 is 0 Å². The summed E-state index contributed by atoms with van der Waals surface area (Å²) < 4.78 is 0. The van der Waals surface area contributed by atoms with Gasteiger partial charge in [-0.2, -0.15) is 21.0 Å². The molecule has 1 aromatic carbocycles. The fraction of sp³-hybridized carbons (Fsp3) is 0.300. The normalized spacial score (nSPS) is 32.8. The Labute approximate surface area is 140 Å². The molecule has 0 bridgehead atoms. The minimum Gasteiger partial charge on any atom is -0.196 e. The van der Waals surface area contributed by atoms with E-state index < -0.39 is 16.7 Å². The molecule has 24 heavy (non-hydrogen) atoms. The zero-order chi connectivity index (χ0) is 16.9. The minimum absolute atomic E-state index is 0.0482. The van der Waals surface area contributed by atoms with E-state index in [1.54, 1.807) is 0 Å². The van der Waals surface area contributed by atoms with E-state index in [0.29, 0.717) is 0 Å². The highest BCUT2D eigenvalue weighted by Crippen LogP contribution is 2.70. The summed E-state index contributed by atoms with van der Waals surface area (Å²) in [7, 11) is 0. The molecule has 3 aliphatic carbocycles. The van der Waals surface area contributed by atoms with Crippen molar-refractivity contribution < 1.29 is 0 Å². The fourth-order valence-corrected chi connectivity index (χ4v) is 4.89. The van der Waals surface area contributed by atoms with Gasteiger partial charge < -0.3 is 0 Å². The molecule has 0 aromatic heterocycles. The van der Waals surface area contributed by atoms with Gasteiger partial charge in [-0.25, -0.2) is 0 Å². The van der Waals surface area contributed by atoms with Crippen LogP contribution < -0.4 is 0 Å². The molecule has 0 spiro atoms. The van der Waals surface area contributed by atoms with Crippen LogP contribution in [0.1, 0.15) is 5.56 Å². The van der Waals surface area contributed by atoms with Crippen molar-refractivity contribution in [3.63, 3.8) is 0 Å². The van der Waals surface area contributed by atoms with Crippen molar-refractivity contribution in [3.05, 3.63) is 54.1 Å². The van der Waals surface area contributed by atoms with E-state index in [1.165, 1.54) is 0 Å². The van der Waals surface area contributed by atoms with E-state index in [0.717, 1.165) is 11.1 Å². The second-order valence-electron chi connectivity index (χ2n) is 6.59. The summed E-state index contributed by atoms with van der Waals surface area (Å²) >= 11 is 0. The first-order valence-corrected chi connectivity index (χ1v) is 7.79. The Morgan fingerprint density at radius 1 is 0.750 bits per heavy atom. The molecule has 1 aromatic rings. The molecule has 0 N–H and O–H groups in total. The lowest BCUT2D eigenvalue weighted by atomic mass is 9.63. The smallest absolute Gasteiger partial charge is 0.182 e. The zero-order valence-electron chi connectivity index (χ0n) is 12.7. The van der Waals surface area contributed by atoms with E-state index in [1.807, 2.05) is 60.7 Å². The van der Waals surface area contributed by atoms with E-state index >= 15 is 0 Å². The first-order valence-electron chi connectivity index (χ1n) is 7.79. The van der Waals surface area contributed by atoms with Crippen molar-refractivity contribution in [3.8, 4) is 24.3 Å². The molecule has 0 heterocycles. The van der Waals surface area contributed by atoms with Crippen LogP contribution in [0.3, 0.4) is 0 Å². The Hall–Kier alpha value is -3.34. The van der Waals surface area contributed by atoms with Crippen molar-refractivity contribution >= 4 is 5.57 Å². The topological polar surface area (TPSA) is 95.2 Å². The highest BCUT2D eigenvalue weighted by molar-refractivity contribution is 5.74. The van der Waals surface area contributed by atoms with Crippen molar-refractivity contribution in [2.45, 2.75) is 0 Å². The van der Waals surface area contributed by atoms with Crippen LogP contribution in [0.2, 0.25) is 0 Å². The minimum atomic E-state index is -1.63. The predicted octanol–water partition coefficient (Wildman–Crippen LogP) is 3.20. The molecule has 4 atom stereocenters. The summed E-state index contributed by atoms with van der Waals surface area (Å²) in [4.78, 5) is 0. The lowest BCUT2D eigenvalue weighted by Crippen LogP contribution is -2.39. The van der Waals surface area contributed by atoms with E-state index in [4.69, 9.17) is 0 Å². The van der Waals surface area contributed by atoms with E-state index in [2.05, 4.69) is 12.1 Å². The van der Waals surface area contributed by atoms with Gasteiger partial charge in [0.15, 0.2) is 10.8 Å². The number of nitriles is 4. The summed E-state index contributed by atoms with van der Waals surface area (Å²) in [6, 6.07) is 18.1. The second kappa shape index (κ2) is 4.58. The molecular weight excluding hydrogens is 296 g/mol. The van der Waals surface area contributed by atoms with Gasteiger partial charge in [0.05, 0.1) is 24.3 Å². The molecule has 0 radical (unpaired) electrons. The highest BCUT2D eigenvalue weighted by atomic mass is 14.7. The Kier molecular flexibility index (Phi) is 2.72. The predicted molar refractivity (Wildman–Crippen MR) is 84.8 cm³/mol. The molecule has 4 nitrogen and oxygen atoms in total. The van der Waals surface area contributed by atoms with Gasteiger partial charge in [-0.05, 0) is 17.1 Å². The van der Waals surface area contributed by atoms with Gasteiger partial charge in [0.1, 0.15) is 0 Å². The molecule has 0 amide bonds. The number of benzene rings is 1. The van der Waals surface area contributed by atoms with Gasteiger partial charge in [-0.3, -0.25) is 0 Å². The number of hydrogen-bond acceptors (Lipinski definition) is 4. The molecule has 3 aliphatic rings. The molecule has 1 fully saturated rings. The van der Waals surface area contributed by atoms with E-state index in [-0.39, 0.29) is 17.8 Å². The van der Waals surface area contributed by atoms with Crippen LogP contribution in [0.4, 0.5) is 0 Å². The third-order valence-electron chi connectivity index (χ3n) is 5.92. The molecule has 0 unspecified atom stereocenters. The van der Waals surface area contributed by atoms with Crippen LogP contribution in [0.5, 0.6) is 0 Å². The SMILES string of the molecule is N#CC1(C#N)[C@@H]2C=C[C@@H]3C(c4ccccc4)=C[C@H]([C@H]32)C1(C#N)C#N. The summed E-state index contributed by atoms with van der Waals surface area (Å²) in [5.74, 6) is -0.822. The number of allylic oxidation sites excluding steroid dienone is 4. The average molecular weight is 308 g/mol. The van der Waals surface area contributed by atoms with E-state index in [9.17, 15) is 21.0 Å². The molecule has 4 heteroatoms. The lowest BCUT2D eigenvalue weighted by Gasteiger charge is -2.28. The second-order valence-corrected chi connectivity index (χ2v) is 6.59. The van der Waals surface area contributed by atoms with Gasteiger partial charge in [-0.1, -0.05) is 48.6 Å². The van der Waals surface area contributed by atoms with Crippen molar-refractivity contribution in [1.29, 1.82) is 21.0 Å².